The van der Waals surface area contributed by atoms with Crippen molar-refractivity contribution in [3.63, 3.8) is 0 Å². The number of rotatable bonds is 8. The second kappa shape index (κ2) is 11.0. The van der Waals surface area contributed by atoms with Gasteiger partial charge in [0.25, 0.3) is 0 Å². The standard InChI is InChI=1S/C30H38O2/c1-22-7-9-24(10-8-22)20-25-11-13-26(14-12-25)21-29(30-6-4-5-19-32-30)23(2)27-15-17-28(31-3)18-16-27/h4-9,11-13,15-17,19,23-24,26,28-30H,10,14,18,20-21H2,1-3H3. The highest BCUT2D eigenvalue weighted by atomic mass is 16.5. The first-order valence-electron chi connectivity index (χ1n) is 12.2. The molecule has 0 saturated heterocycles. The Hall–Kier alpha value is -2.32. The fraction of sp³-hybridized carbons (Fsp3) is 0.467. The van der Waals surface area contributed by atoms with Gasteiger partial charge in [-0.2, -0.15) is 0 Å². The quantitative estimate of drug-likeness (QED) is 0.399. The lowest BCUT2D eigenvalue weighted by Gasteiger charge is -2.34. The number of methoxy groups -OCH3 is 1. The van der Waals surface area contributed by atoms with E-state index in [0.717, 1.165) is 25.7 Å². The van der Waals surface area contributed by atoms with Gasteiger partial charge in [-0.1, -0.05) is 78.8 Å². The number of hydrogen-bond donors (Lipinski definition) is 0. The van der Waals surface area contributed by atoms with Crippen LogP contribution in [-0.2, 0) is 9.47 Å². The Morgan fingerprint density at radius 1 is 0.938 bits per heavy atom. The van der Waals surface area contributed by atoms with Crippen molar-refractivity contribution in [2.24, 2.45) is 23.7 Å². The van der Waals surface area contributed by atoms with Gasteiger partial charge in [-0.15, -0.1) is 0 Å². The van der Waals surface area contributed by atoms with E-state index >= 15 is 0 Å². The molecule has 0 aromatic rings. The molecule has 4 aliphatic rings. The first kappa shape index (κ1) is 22.9. The monoisotopic (exact) mass is 430 g/mol. The second-order valence-corrected chi connectivity index (χ2v) is 9.72. The zero-order valence-corrected chi connectivity index (χ0v) is 19.8. The average Bonchev–Trinajstić information content (AvgIpc) is 2.85. The molecule has 170 valence electrons. The van der Waals surface area contributed by atoms with E-state index < -0.39 is 0 Å². The Balaban J connectivity index is 1.38. The van der Waals surface area contributed by atoms with Crippen LogP contribution in [0.4, 0.5) is 0 Å². The fourth-order valence-corrected chi connectivity index (χ4v) is 5.25. The largest absolute Gasteiger partial charge is 0.494 e. The smallest absolute Gasteiger partial charge is 0.120 e. The molecule has 2 nitrogen and oxygen atoms in total. The van der Waals surface area contributed by atoms with E-state index in [0.29, 0.717) is 23.7 Å². The summed E-state index contributed by atoms with van der Waals surface area (Å²) in [4.78, 5) is 0. The molecule has 0 amide bonds. The van der Waals surface area contributed by atoms with Gasteiger partial charge in [-0.3, -0.25) is 0 Å². The highest BCUT2D eigenvalue weighted by molar-refractivity contribution is 5.30. The molecule has 6 atom stereocenters. The first-order valence-corrected chi connectivity index (χ1v) is 12.2. The maximum absolute atomic E-state index is 6.07. The highest BCUT2D eigenvalue weighted by Crippen LogP contribution is 2.37. The van der Waals surface area contributed by atoms with E-state index in [1.165, 1.54) is 23.1 Å². The molecule has 1 aliphatic heterocycles. The van der Waals surface area contributed by atoms with Crippen molar-refractivity contribution in [2.75, 3.05) is 7.11 Å². The van der Waals surface area contributed by atoms with Gasteiger partial charge in [0.15, 0.2) is 0 Å². The molecule has 0 aromatic carbocycles. The normalized spacial score (nSPS) is 30.9. The van der Waals surface area contributed by atoms with E-state index in [9.17, 15) is 0 Å². The molecule has 0 bridgehead atoms. The third-order valence-corrected chi connectivity index (χ3v) is 7.42. The van der Waals surface area contributed by atoms with Crippen molar-refractivity contribution < 1.29 is 9.47 Å². The third-order valence-electron chi connectivity index (χ3n) is 7.42. The van der Waals surface area contributed by atoms with E-state index in [1.807, 2.05) is 12.3 Å². The van der Waals surface area contributed by atoms with E-state index in [4.69, 9.17) is 9.47 Å². The summed E-state index contributed by atoms with van der Waals surface area (Å²) in [5, 5.41) is 0. The molecule has 0 fully saturated rings. The molecular weight excluding hydrogens is 392 g/mol. The first-order chi connectivity index (χ1) is 15.6. The summed E-state index contributed by atoms with van der Waals surface area (Å²) >= 11 is 0. The van der Waals surface area contributed by atoms with E-state index in [2.05, 4.69) is 80.7 Å². The average molecular weight is 431 g/mol. The lowest BCUT2D eigenvalue weighted by Crippen LogP contribution is -2.30. The van der Waals surface area contributed by atoms with Gasteiger partial charge in [-0.05, 0) is 74.5 Å². The minimum atomic E-state index is 0.130. The minimum Gasteiger partial charge on any atom is -0.494 e. The van der Waals surface area contributed by atoms with Gasteiger partial charge in [0.1, 0.15) is 6.10 Å². The van der Waals surface area contributed by atoms with Crippen LogP contribution in [0.15, 0.2) is 95.9 Å². The Morgan fingerprint density at radius 3 is 2.41 bits per heavy atom. The van der Waals surface area contributed by atoms with Crippen molar-refractivity contribution >= 4 is 0 Å². The molecule has 3 aliphatic carbocycles. The number of hydrogen-bond acceptors (Lipinski definition) is 2. The predicted octanol–water partition coefficient (Wildman–Crippen LogP) is 7.41. The van der Waals surface area contributed by atoms with Crippen LogP contribution in [0.3, 0.4) is 0 Å². The van der Waals surface area contributed by atoms with Gasteiger partial charge >= 0.3 is 0 Å². The van der Waals surface area contributed by atoms with Crippen LogP contribution in [-0.4, -0.2) is 19.3 Å². The second-order valence-electron chi connectivity index (χ2n) is 9.72. The topological polar surface area (TPSA) is 18.5 Å². The van der Waals surface area contributed by atoms with Gasteiger partial charge in [0.05, 0.1) is 12.4 Å². The van der Waals surface area contributed by atoms with Crippen molar-refractivity contribution in [3.8, 4) is 0 Å². The molecular formula is C30H38O2. The molecule has 6 unspecified atom stereocenters. The molecule has 4 rings (SSSR count). The summed E-state index contributed by atoms with van der Waals surface area (Å²) in [5.74, 6) is 2.09. The van der Waals surface area contributed by atoms with Crippen LogP contribution >= 0.6 is 0 Å². The van der Waals surface area contributed by atoms with Crippen LogP contribution in [0.25, 0.3) is 0 Å². The molecule has 0 N–H and O–H groups in total. The molecule has 0 spiro atoms. The summed E-state index contributed by atoms with van der Waals surface area (Å²) in [6.07, 6.45) is 35.2. The Bertz CT molecular complexity index is 892. The van der Waals surface area contributed by atoms with Crippen LogP contribution < -0.4 is 0 Å². The van der Waals surface area contributed by atoms with Crippen LogP contribution in [0.1, 0.15) is 46.0 Å². The van der Waals surface area contributed by atoms with E-state index in [1.54, 1.807) is 7.11 Å². The zero-order valence-electron chi connectivity index (χ0n) is 19.8. The van der Waals surface area contributed by atoms with Crippen LogP contribution in [0, 0.1) is 23.7 Å². The molecule has 32 heavy (non-hydrogen) atoms. The highest BCUT2D eigenvalue weighted by Gasteiger charge is 2.31. The van der Waals surface area contributed by atoms with E-state index in [-0.39, 0.29) is 12.2 Å². The summed E-state index contributed by atoms with van der Waals surface area (Å²) < 4.78 is 11.6. The lowest BCUT2D eigenvalue weighted by atomic mass is 9.75. The van der Waals surface area contributed by atoms with Crippen molar-refractivity contribution in [2.45, 2.75) is 58.2 Å². The summed E-state index contributed by atoms with van der Waals surface area (Å²) in [5.41, 5.74) is 4.30. The van der Waals surface area contributed by atoms with Gasteiger partial charge in [-0.25, -0.2) is 0 Å². The molecule has 0 saturated carbocycles. The lowest BCUT2D eigenvalue weighted by molar-refractivity contribution is 0.0901. The van der Waals surface area contributed by atoms with Crippen LogP contribution in [0.2, 0.25) is 0 Å². The van der Waals surface area contributed by atoms with Gasteiger partial charge in [0.2, 0.25) is 0 Å². The molecule has 0 aromatic heterocycles. The maximum Gasteiger partial charge on any atom is 0.120 e. The summed E-state index contributed by atoms with van der Waals surface area (Å²) in [7, 11) is 1.78. The predicted molar refractivity (Wildman–Crippen MR) is 134 cm³/mol. The Kier molecular flexibility index (Phi) is 7.86. The Morgan fingerprint density at radius 2 is 1.78 bits per heavy atom. The summed E-state index contributed by atoms with van der Waals surface area (Å²) in [6, 6.07) is 0. The maximum atomic E-state index is 6.07. The fourth-order valence-electron chi connectivity index (χ4n) is 5.25. The molecule has 2 heteroatoms. The number of allylic oxidation sites excluding steroid dienone is 12. The SMILES string of the molecule is COC1C=CC(C(C)C(CC2C=CC(CC3C=CC(C)=CC3)=CC2)C2C=CC=CO2)=CC1. The van der Waals surface area contributed by atoms with Crippen molar-refractivity contribution in [1.29, 1.82) is 0 Å². The molecule has 0 radical (unpaired) electrons. The van der Waals surface area contributed by atoms with Crippen LogP contribution in [0.5, 0.6) is 0 Å². The summed E-state index contributed by atoms with van der Waals surface area (Å²) in [6.45, 7) is 4.55. The Labute approximate surface area is 194 Å². The minimum absolute atomic E-state index is 0.130. The van der Waals surface area contributed by atoms with Gasteiger partial charge < -0.3 is 9.47 Å². The zero-order chi connectivity index (χ0) is 22.3. The molecule has 1 heterocycles. The van der Waals surface area contributed by atoms with Gasteiger partial charge in [0, 0.05) is 13.0 Å². The van der Waals surface area contributed by atoms with Crippen molar-refractivity contribution in [1.82, 2.24) is 0 Å². The van der Waals surface area contributed by atoms with Crippen molar-refractivity contribution in [3.05, 3.63) is 95.9 Å². The number of ether oxygens (including phenoxy) is 2. The third kappa shape index (κ3) is 5.92.